The van der Waals surface area contributed by atoms with Gasteiger partial charge in [0.25, 0.3) is 0 Å². The molecule has 2 aromatic rings. The Labute approximate surface area is 111 Å². The Morgan fingerprint density at radius 2 is 2.32 bits per heavy atom. The van der Waals surface area contributed by atoms with E-state index in [0.717, 1.165) is 36.5 Å². The number of carbonyl (C=O) groups is 1. The van der Waals surface area contributed by atoms with Gasteiger partial charge in [0, 0.05) is 12.1 Å². The number of imidazole rings is 1. The zero-order valence-electron chi connectivity index (χ0n) is 11.1. The van der Waals surface area contributed by atoms with Crippen LogP contribution in [-0.2, 0) is 11.2 Å². The fourth-order valence-electron chi connectivity index (χ4n) is 2.52. The zero-order valence-corrected chi connectivity index (χ0v) is 11.1. The predicted molar refractivity (Wildman–Crippen MR) is 71.3 cm³/mol. The number of rotatable bonds is 3. The fourth-order valence-corrected chi connectivity index (χ4v) is 2.52. The molecule has 0 saturated carbocycles. The van der Waals surface area contributed by atoms with E-state index in [9.17, 15) is 4.79 Å². The van der Waals surface area contributed by atoms with Crippen molar-refractivity contribution in [2.75, 3.05) is 20.2 Å². The minimum Gasteiger partial charge on any atom is -0.464 e. The molecule has 0 spiro atoms. The SMILES string of the molecule is COC(=O)c1nc(CC2CNC2)n2c(C)cccc12. The summed E-state index contributed by atoms with van der Waals surface area (Å²) >= 11 is 0. The van der Waals surface area contributed by atoms with Crippen molar-refractivity contribution in [1.82, 2.24) is 14.7 Å². The number of fused-ring (bicyclic) bond motifs is 1. The van der Waals surface area contributed by atoms with E-state index < -0.39 is 0 Å². The quantitative estimate of drug-likeness (QED) is 0.841. The number of ether oxygens (including phenoxy) is 1. The van der Waals surface area contributed by atoms with Gasteiger partial charge < -0.3 is 14.5 Å². The van der Waals surface area contributed by atoms with Gasteiger partial charge in [0.2, 0.25) is 0 Å². The molecule has 0 unspecified atom stereocenters. The van der Waals surface area contributed by atoms with Gasteiger partial charge in [0.05, 0.1) is 12.6 Å². The van der Waals surface area contributed by atoms with Crippen LogP contribution < -0.4 is 5.32 Å². The topological polar surface area (TPSA) is 55.6 Å². The average Bonchev–Trinajstić information content (AvgIpc) is 2.73. The summed E-state index contributed by atoms with van der Waals surface area (Å²) in [5, 5.41) is 3.26. The van der Waals surface area contributed by atoms with Gasteiger partial charge in [0.15, 0.2) is 5.69 Å². The van der Waals surface area contributed by atoms with Crippen LogP contribution in [0.2, 0.25) is 0 Å². The van der Waals surface area contributed by atoms with E-state index in [2.05, 4.69) is 14.7 Å². The summed E-state index contributed by atoms with van der Waals surface area (Å²) in [7, 11) is 1.39. The second-order valence-electron chi connectivity index (χ2n) is 4.98. The van der Waals surface area contributed by atoms with Crippen molar-refractivity contribution in [3.8, 4) is 0 Å². The first-order valence-electron chi connectivity index (χ1n) is 6.46. The first-order chi connectivity index (χ1) is 9.20. The second-order valence-corrected chi connectivity index (χ2v) is 4.98. The van der Waals surface area contributed by atoms with E-state index in [-0.39, 0.29) is 5.97 Å². The number of nitrogens with one attached hydrogen (secondary N) is 1. The van der Waals surface area contributed by atoms with Crippen molar-refractivity contribution in [2.24, 2.45) is 5.92 Å². The first-order valence-corrected chi connectivity index (χ1v) is 6.46. The lowest BCUT2D eigenvalue weighted by atomic mass is 9.99. The molecular weight excluding hydrogens is 242 g/mol. The number of hydrogen-bond donors (Lipinski definition) is 1. The van der Waals surface area contributed by atoms with E-state index in [1.807, 2.05) is 25.1 Å². The van der Waals surface area contributed by atoms with Crippen LogP contribution in [0.4, 0.5) is 0 Å². The van der Waals surface area contributed by atoms with Gasteiger partial charge in [-0.15, -0.1) is 0 Å². The molecule has 1 fully saturated rings. The van der Waals surface area contributed by atoms with Crippen molar-refractivity contribution >= 4 is 11.5 Å². The molecule has 5 heteroatoms. The average molecular weight is 259 g/mol. The van der Waals surface area contributed by atoms with Crippen LogP contribution in [0.1, 0.15) is 22.0 Å². The Bertz CT molecular complexity index is 629. The van der Waals surface area contributed by atoms with Crippen molar-refractivity contribution in [2.45, 2.75) is 13.3 Å². The minimum absolute atomic E-state index is 0.374. The fraction of sp³-hybridized carbons (Fsp3) is 0.429. The lowest BCUT2D eigenvalue weighted by Gasteiger charge is -2.26. The van der Waals surface area contributed by atoms with Crippen LogP contribution in [0, 0.1) is 12.8 Å². The van der Waals surface area contributed by atoms with E-state index in [0.29, 0.717) is 11.6 Å². The van der Waals surface area contributed by atoms with E-state index >= 15 is 0 Å². The molecule has 100 valence electrons. The Morgan fingerprint density at radius 1 is 1.53 bits per heavy atom. The van der Waals surface area contributed by atoms with Crippen molar-refractivity contribution in [3.05, 3.63) is 35.4 Å². The molecular formula is C14H17N3O2. The highest BCUT2D eigenvalue weighted by atomic mass is 16.5. The number of hydrogen-bond acceptors (Lipinski definition) is 4. The molecule has 1 saturated heterocycles. The standard InChI is InChI=1S/C14H17N3O2/c1-9-4-3-5-11-13(14(18)19-2)16-12(17(9)11)6-10-7-15-8-10/h3-5,10,15H,6-8H2,1-2H3. The maximum Gasteiger partial charge on any atom is 0.358 e. The molecule has 3 heterocycles. The van der Waals surface area contributed by atoms with Crippen molar-refractivity contribution in [1.29, 1.82) is 0 Å². The van der Waals surface area contributed by atoms with Crippen molar-refractivity contribution < 1.29 is 9.53 Å². The summed E-state index contributed by atoms with van der Waals surface area (Å²) in [6, 6.07) is 5.88. The molecule has 0 amide bonds. The van der Waals surface area contributed by atoms with Gasteiger partial charge >= 0.3 is 5.97 Å². The van der Waals surface area contributed by atoms with Crippen LogP contribution in [0.5, 0.6) is 0 Å². The smallest absolute Gasteiger partial charge is 0.358 e. The molecule has 3 rings (SSSR count). The Hall–Kier alpha value is -1.88. The predicted octanol–water partition coefficient (Wildman–Crippen LogP) is 1.19. The lowest BCUT2D eigenvalue weighted by Crippen LogP contribution is -2.43. The number of esters is 1. The van der Waals surface area contributed by atoms with Gasteiger partial charge in [-0.25, -0.2) is 9.78 Å². The largest absolute Gasteiger partial charge is 0.464 e. The Kier molecular flexibility index (Phi) is 2.98. The van der Waals surface area contributed by atoms with Gasteiger partial charge in [-0.1, -0.05) is 6.07 Å². The molecule has 0 bridgehead atoms. The summed E-state index contributed by atoms with van der Waals surface area (Å²) < 4.78 is 6.88. The molecule has 1 aliphatic heterocycles. The van der Waals surface area contributed by atoms with Gasteiger partial charge in [-0.05, 0) is 38.1 Å². The highest BCUT2D eigenvalue weighted by Crippen LogP contribution is 2.20. The number of nitrogens with zero attached hydrogens (tertiary/aromatic N) is 2. The number of aromatic nitrogens is 2. The lowest BCUT2D eigenvalue weighted by molar-refractivity contribution is 0.0596. The molecule has 0 radical (unpaired) electrons. The Balaban J connectivity index is 2.11. The number of carbonyl (C=O) groups excluding carboxylic acids is 1. The maximum absolute atomic E-state index is 11.8. The van der Waals surface area contributed by atoms with Crippen molar-refractivity contribution in [3.63, 3.8) is 0 Å². The second kappa shape index (κ2) is 4.66. The third-order valence-corrected chi connectivity index (χ3v) is 3.64. The third kappa shape index (κ3) is 2.00. The molecule has 0 aliphatic carbocycles. The molecule has 1 aliphatic rings. The van der Waals surface area contributed by atoms with Crippen LogP contribution >= 0.6 is 0 Å². The van der Waals surface area contributed by atoms with Gasteiger partial charge in [-0.3, -0.25) is 0 Å². The molecule has 2 aromatic heterocycles. The summed E-state index contributed by atoms with van der Waals surface area (Å²) in [5.41, 5.74) is 2.32. The minimum atomic E-state index is -0.374. The highest BCUT2D eigenvalue weighted by Gasteiger charge is 2.23. The molecule has 0 atom stereocenters. The summed E-state index contributed by atoms with van der Waals surface area (Å²) in [4.78, 5) is 16.3. The summed E-state index contributed by atoms with van der Waals surface area (Å²) in [5.74, 6) is 1.18. The Morgan fingerprint density at radius 3 is 2.95 bits per heavy atom. The molecule has 19 heavy (non-hydrogen) atoms. The monoisotopic (exact) mass is 259 g/mol. The summed E-state index contributed by atoms with van der Waals surface area (Å²) in [6.45, 7) is 4.07. The molecule has 1 N–H and O–H groups in total. The van der Waals surface area contributed by atoms with Crippen LogP contribution in [-0.4, -0.2) is 35.6 Å². The van der Waals surface area contributed by atoms with Gasteiger partial charge in [0.1, 0.15) is 5.82 Å². The highest BCUT2D eigenvalue weighted by molar-refractivity contribution is 5.95. The van der Waals surface area contributed by atoms with E-state index in [1.54, 1.807) is 0 Å². The van der Waals surface area contributed by atoms with Crippen LogP contribution in [0.15, 0.2) is 18.2 Å². The zero-order chi connectivity index (χ0) is 13.4. The molecule has 5 nitrogen and oxygen atoms in total. The molecule has 0 aromatic carbocycles. The maximum atomic E-state index is 11.8. The number of aryl methyl sites for hydroxylation is 1. The van der Waals surface area contributed by atoms with E-state index in [1.165, 1.54) is 7.11 Å². The van der Waals surface area contributed by atoms with E-state index in [4.69, 9.17) is 4.74 Å². The van der Waals surface area contributed by atoms with Crippen LogP contribution in [0.25, 0.3) is 5.52 Å². The van der Waals surface area contributed by atoms with Crippen LogP contribution in [0.3, 0.4) is 0 Å². The summed E-state index contributed by atoms with van der Waals surface area (Å²) in [6.07, 6.45) is 0.885. The van der Waals surface area contributed by atoms with Gasteiger partial charge in [-0.2, -0.15) is 0 Å². The number of pyridine rings is 1. The number of methoxy groups -OCH3 is 1. The third-order valence-electron chi connectivity index (χ3n) is 3.64. The first kappa shape index (κ1) is 12.2. The normalized spacial score (nSPS) is 15.5.